The number of rotatable bonds is 7. The lowest BCUT2D eigenvalue weighted by atomic mass is 9.84. The topological polar surface area (TPSA) is 15.3 Å². The van der Waals surface area contributed by atoms with Crippen molar-refractivity contribution in [1.82, 2.24) is 4.90 Å². The first-order valence-corrected chi connectivity index (χ1v) is 13.5. The van der Waals surface area contributed by atoms with Crippen molar-refractivity contribution in [2.24, 2.45) is 0 Å². The van der Waals surface area contributed by atoms with Crippen molar-refractivity contribution in [1.29, 1.82) is 0 Å². The van der Waals surface area contributed by atoms with E-state index in [1.165, 1.54) is 17.7 Å². The number of halogens is 2. The average Bonchev–Trinajstić information content (AvgIpc) is 2.93. The third-order valence-electron chi connectivity index (χ3n) is 7.63. The molecule has 2 aliphatic rings. The number of benzene rings is 3. The number of nitrogens with one attached hydrogen (secondary N) is 1. The Morgan fingerprint density at radius 1 is 1.00 bits per heavy atom. The molecule has 2 heterocycles. The monoisotopic (exact) mass is 508 g/mol. The molecule has 5 rings (SSSR count). The summed E-state index contributed by atoms with van der Waals surface area (Å²) in [5.74, 6) is -0.482. The van der Waals surface area contributed by atoms with Crippen LogP contribution in [-0.4, -0.2) is 10.9 Å². The maximum absolute atomic E-state index is 15.6. The molecule has 3 aromatic carbocycles. The molecule has 2 aliphatic heterocycles. The summed E-state index contributed by atoms with van der Waals surface area (Å²) in [5, 5.41) is 3.75. The van der Waals surface area contributed by atoms with E-state index in [1.807, 2.05) is 12.1 Å². The van der Waals surface area contributed by atoms with Crippen LogP contribution in [0.1, 0.15) is 62.3 Å². The Bertz CT molecular complexity index is 1460. The molecule has 38 heavy (non-hydrogen) atoms. The van der Waals surface area contributed by atoms with Gasteiger partial charge in [0, 0.05) is 29.1 Å². The molecule has 0 aliphatic carbocycles. The summed E-state index contributed by atoms with van der Waals surface area (Å²) in [4.78, 5) is 2.19. The van der Waals surface area contributed by atoms with Gasteiger partial charge in [-0.15, -0.1) is 0 Å². The quantitative estimate of drug-likeness (QED) is 0.342. The van der Waals surface area contributed by atoms with Crippen LogP contribution in [0.25, 0.3) is 28.5 Å². The summed E-state index contributed by atoms with van der Waals surface area (Å²) in [6.07, 6.45) is 11.6. The maximum Gasteiger partial charge on any atom is 0.131 e. The lowest BCUT2D eigenvalue weighted by molar-refractivity contribution is 0.455. The predicted molar refractivity (Wildman–Crippen MR) is 156 cm³/mol. The highest BCUT2D eigenvalue weighted by Gasteiger charge is 2.29. The van der Waals surface area contributed by atoms with E-state index in [-0.39, 0.29) is 17.7 Å². The number of allylic oxidation sites excluding steroid dienone is 2. The van der Waals surface area contributed by atoms with E-state index in [2.05, 4.69) is 68.2 Å². The summed E-state index contributed by atoms with van der Waals surface area (Å²) >= 11 is 0. The van der Waals surface area contributed by atoms with E-state index < -0.39 is 0 Å². The summed E-state index contributed by atoms with van der Waals surface area (Å²) < 4.78 is 29.1. The molecule has 2 bridgehead atoms. The standard InChI is InChI=1S/C34H34F2N2/c1-5-8-12-29-28(7-3)31(36)20-30-33-22(4)38(18-17-23(33)6-2)21-32(37-34(29)30)26-11-9-10-25(19-26)24-13-15-27(35)16-14-24/h7,9-11,13-22,37H,3,5-6,8,12H2,1-2,4H3/b32-21-. The van der Waals surface area contributed by atoms with Crippen molar-refractivity contribution in [3.63, 3.8) is 0 Å². The number of nitrogens with zero attached hydrogens (tertiary/aromatic N) is 1. The molecular formula is C34H34F2N2. The lowest BCUT2D eigenvalue weighted by Crippen LogP contribution is -2.31. The third kappa shape index (κ3) is 4.71. The fraction of sp³-hybridized carbons (Fsp3) is 0.235. The number of unbranched alkanes of at least 4 members (excludes halogenated alkanes) is 1. The van der Waals surface area contributed by atoms with Crippen LogP contribution in [0, 0.1) is 11.6 Å². The molecule has 2 nitrogen and oxygen atoms in total. The van der Waals surface area contributed by atoms with Crippen LogP contribution in [0.3, 0.4) is 0 Å². The lowest BCUT2D eigenvalue weighted by Gasteiger charge is -2.37. The van der Waals surface area contributed by atoms with Gasteiger partial charge in [-0.05, 0) is 84.4 Å². The molecule has 0 fully saturated rings. The van der Waals surface area contributed by atoms with Gasteiger partial charge in [0.25, 0.3) is 0 Å². The van der Waals surface area contributed by atoms with Crippen molar-refractivity contribution in [2.75, 3.05) is 5.32 Å². The van der Waals surface area contributed by atoms with Gasteiger partial charge in [-0.25, -0.2) is 8.78 Å². The van der Waals surface area contributed by atoms with Gasteiger partial charge in [-0.1, -0.05) is 63.3 Å². The van der Waals surface area contributed by atoms with Crippen LogP contribution in [0.4, 0.5) is 14.5 Å². The molecule has 1 atom stereocenters. The minimum atomic E-state index is -0.253. The van der Waals surface area contributed by atoms with Crippen LogP contribution in [0.15, 0.2) is 85.2 Å². The fourth-order valence-corrected chi connectivity index (χ4v) is 5.55. The van der Waals surface area contributed by atoms with Gasteiger partial charge < -0.3 is 10.2 Å². The molecule has 1 N–H and O–H groups in total. The van der Waals surface area contributed by atoms with Gasteiger partial charge >= 0.3 is 0 Å². The largest absolute Gasteiger partial charge is 0.353 e. The van der Waals surface area contributed by atoms with Crippen molar-refractivity contribution in [3.8, 4) is 11.1 Å². The molecule has 0 saturated heterocycles. The Balaban J connectivity index is 1.72. The second kappa shape index (κ2) is 10.8. The van der Waals surface area contributed by atoms with E-state index in [9.17, 15) is 4.39 Å². The van der Waals surface area contributed by atoms with Crippen LogP contribution in [0.5, 0.6) is 0 Å². The fourth-order valence-electron chi connectivity index (χ4n) is 5.55. The van der Waals surface area contributed by atoms with Gasteiger partial charge in [0.1, 0.15) is 11.6 Å². The zero-order valence-electron chi connectivity index (χ0n) is 22.3. The van der Waals surface area contributed by atoms with Gasteiger partial charge in [0.15, 0.2) is 0 Å². The number of anilines is 1. The number of fused-ring (bicyclic) bond motifs is 4. The van der Waals surface area contributed by atoms with E-state index in [0.717, 1.165) is 70.5 Å². The molecule has 0 spiro atoms. The van der Waals surface area contributed by atoms with Crippen molar-refractivity contribution in [3.05, 3.63) is 119 Å². The van der Waals surface area contributed by atoms with Crippen LogP contribution in [-0.2, 0) is 6.42 Å². The molecular weight excluding hydrogens is 474 g/mol. The second-order valence-electron chi connectivity index (χ2n) is 9.97. The Labute approximate surface area is 224 Å². The Morgan fingerprint density at radius 2 is 1.76 bits per heavy atom. The first-order valence-electron chi connectivity index (χ1n) is 13.5. The first-order chi connectivity index (χ1) is 18.4. The zero-order valence-corrected chi connectivity index (χ0v) is 22.3. The third-order valence-corrected chi connectivity index (χ3v) is 7.63. The molecule has 4 heteroatoms. The summed E-state index contributed by atoms with van der Waals surface area (Å²) in [6, 6.07) is 16.5. The van der Waals surface area contributed by atoms with Gasteiger partial charge in [-0.2, -0.15) is 0 Å². The Morgan fingerprint density at radius 3 is 2.47 bits per heavy atom. The molecule has 0 amide bonds. The maximum atomic E-state index is 15.6. The van der Waals surface area contributed by atoms with Gasteiger partial charge in [0.05, 0.1) is 17.4 Å². The Kier molecular flexibility index (Phi) is 7.33. The van der Waals surface area contributed by atoms with Crippen molar-refractivity contribution in [2.45, 2.75) is 52.5 Å². The van der Waals surface area contributed by atoms with E-state index in [1.54, 1.807) is 24.3 Å². The van der Waals surface area contributed by atoms with Gasteiger partial charge in [-0.3, -0.25) is 0 Å². The Hall–Kier alpha value is -3.92. The highest BCUT2D eigenvalue weighted by atomic mass is 19.1. The molecule has 0 saturated carbocycles. The van der Waals surface area contributed by atoms with Crippen molar-refractivity contribution >= 4 is 23.0 Å². The van der Waals surface area contributed by atoms with E-state index in [4.69, 9.17) is 0 Å². The van der Waals surface area contributed by atoms with Crippen LogP contribution in [0.2, 0.25) is 0 Å². The molecule has 0 radical (unpaired) electrons. The molecule has 3 aromatic rings. The normalized spacial score (nSPS) is 17.8. The molecule has 1 unspecified atom stereocenters. The zero-order chi connectivity index (χ0) is 26.8. The number of hydrogen-bond donors (Lipinski definition) is 1. The van der Waals surface area contributed by atoms with Crippen LogP contribution < -0.4 is 5.32 Å². The summed E-state index contributed by atoms with van der Waals surface area (Å²) in [7, 11) is 0. The second-order valence-corrected chi connectivity index (χ2v) is 9.97. The minimum Gasteiger partial charge on any atom is -0.353 e. The summed E-state index contributed by atoms with van der Waals surface area (Å²) in [5.41, 5.74) is 9.65. The highest BCUT2D eigenvalue weighted by molar-refractivity contribution is 5.92. The van der Waals surface area contributed by atoms with Crippen molar-refractivity contribution < 1.29 is 8.78 Å². The van der Waals surface area contributed by atoms with Gasteiger partial charge in [0.2, 0.25) is 0 Å². The highest BCUT2D eigenvalue weighted by Crippen LogP contribution is 2.43. The summed E-state index contributed by atoms with van der Waals surface area (Å²) in [6.45, 7) is 10.4. The SMILES string of the molecule is C=Cc1c(F)cc2c(c1CCCC)N/C(c1cccc(-c3ccc(F)cc3)c1)=C\N1C=CC(CC)=C2C1C. The molecule has 194 valence electrons. The minimum absolute atomic E-state index is 0.0408. The van der Waals surface area contributed by atoms with Crippen LogP contribution >= 0.6 is 0 Å². The predicted octanol–water partition coefficient (Wildman–Crippen LogP) is 9.42. The van der Waals surface area contributed by atoms with E-state index >= 15 is 4.39 Å². The van der Waals surface area contributed by atoms with E-state index in [0.29, 0.717) is 5.56 Å². The first kappa shape index (κ1) is 25.7. The molecule has 0 aromatic heterocycles. The number of hydrogen-bond acceptors (Lipinski definition) is 2. The average molecular weight is 509 g/mol. The smallest absolute Gasteiger partial charge is 0.131 e.